The minimum Gasteiger partial charge on any atom is -0.354 e. The highest BCUT2D eigenvalue weighted by molar-refractivity contribution is 5.94. The van der Waals surface area contributed by atoms with Gasteiger partial charge in [0.1, 0.15) is 11.6 Å². The second-order valence-corrected chi connectivity index (χ2v) is 7.88. The van der Waals surface area contributed by atoms with Crippen LogP contribution in [0.4, 0.5) is 14.5 Å². The highest BCUT2D eigenvalue weighted by Gasteiger charge is 2.16. The van der Waals surface area contributed by atoms with Crippen molar-refractivity contribution < 1.29 is 13.6 Å². The molecular formula is C25H20F2N6O. The molecular weight excluding hydrogens is 438 g/mol. The molecule has 3 aromatic carbocycles. The number of nitrogens with zero attached hydrogens (tertiary/aromatic N) is 4. The van der Waals surface area contributed by atoms with E-state index < -0.39 is 5.82 Å². The molecule has 0 aliphatic rings. The number of tetrazole rings is 1. The van der Waals surface area contributed by atoms with Gasteiger partial charge in [0, 0.05) is 23.0 Å². The SMILES string of the molecule is Cc1nnnn1-c1ccc(F)c(NC(=O)CCc2c(-c3ccc(F)cc3)[nH]c3ccccc23)c1. The van der Waals surface area contributed by atoms with E-state index in [1.807, 2.05) is 24.3 Å². The smallest absolute Gasteiger partial charge is 0.224 e. The van der Waals surface area contributed by atoms with Gasteiger partial charge in [-0.2, -0.15) is 4.68 Å². The summed E-state index contributed by atoms with van der Waals surface area (Å²) < 4.78 is 29.3. The fourth-order valence-electron chi connectivity index (χ4n) is 3.98. The molecule has 0 bridgehead atoms. The molecule has 7 nitrogen and oxygen atoms in total. The summed E-state index contributed by atoms with van der Waals surface area (Å²) >= 11 is 0. The lowest BCUT2D eigenvalue weighted by molar-refractivity contribution is -0.116. The zero-order valence-electron chi connectivity index (χ0n) is 18.2. The predicted octanol–water partition coefficient (Wildman–Crippen LogP) is 4.97. The number of halogens is 2. The topological polar surface area (TPSA) is 88.5 Å². The third kappa shape index (κ3) is 4.15. The van der Waals surface area contributed by atoms with Crippen molar-refractivity contribution in [1.29, 1.82) is 0 Å². The first kappa shape index (κ1) is 21.4. The maximum absolute atomic E-state index is 14.4. The number of rotatable bonds is 6. The average molecular weight is 458 g/mol. The third-order valence-electron chi connectivity index (χ3n) is 5.64. The molecule has 2 aromatic heterocycles. The maximum atomic E-state index is 14.4. The predicted molar refractivity (Wildman–Crippen MR) is 124 cm³/mol. The first-order valence-corrected chi connectivity index (χ1v) is 10.7. The van der Waals surface area contributed by atoms with Gasteiger partial charge in [0.2, 0.25) is 5.91 Å². The van der Waals surface area contributed by atoms with Crippen molar-refractivity contribution in [2.24, 2.45) is 0 Å². The number of amides is 1. The molecule has 0 atom stereocenters. The van der Waals surface area contributed by atoms with E-state index in [4.69, 9.17) is 0 Å². The Labute approximate surface area is 193 Å². The van der Waals surface area contributed by atoms with Gasteiger partial charge in [-0.1, -0.05) is 18.2 Å². The number of carbonyl (C=O) groups is 1. The Balaban J connectivity index is 1.38. The molecule has 0 saturated carbocycles. The van der Waals surface area contributed by atoms with Crippen LogP contribution in [0.1, 0.15) is 17.8 Å². The number of hydrogen-bond donors (Lipinski definition) is 2. The molecule has 9 heteroatoms. The van der Waals surface area contributed by atoms with Crippen LogP contribution in [-0.4, -0.2) is 31.1 Å². The number of aromatic amines is 1. The number of benzene rings is 3. The Morgan fingerprint density at radius 2 is 1.85 bits per heavy atom. The van der Waals surface area contributed by atoms with Gasteiger partial charge in [0.25, 0.3) is 0 Å². The van der Waals surface area contributed by atoms with Gasteiger partial charge in [-0.05, 0) is 83.4 Å². The molecule has 2 N–H and O–H groups in total. The molecule has 0 fully saturated rings. The van der Waals surface area contributed by atoms with E-state index >= 15 is 0 Å². The molecule has 1 amide bonds. The molecule has 5 aromatic rings. The second-order valence-electron chi connectivity index (χ2n) is 7.88. The molecule has 2 heterocycles. The summed E-state index contributed by atoms with van der Waals surface area (Å²) in [5, 5.41) is 14.9. The normalized spacial score (nSPS) is 11.1. The Morgan fingerprint density at radius 3 is 2.62 bits per heavy atom. The number of carbonyl (C=O) groups excluding carboxylic acids is 1. The summed E-state index contributed by atoms with van der Waals surface area (Å²) in [5.41, 5.74) is 4.10. The van der Waals surface area contributed by atoms with E-state index in [-0.39, 0.29) is 23.8 Å². The second kappa shape index (κ2) is 8.86. The summed E-state index contributed by atoms with van der Waals surface area (Å²) in [5.74, 6) is -0.666. The Morgan fingerprint density at radius 1 is 1.06 bits per heavy atom. The van der Waals surface area contributed by atoms with Gasteiger partial charge in [-0.3, -0.25) is 4.79 Å². The van der Waals surface area contributed by atoms with Crippen LogP contribution in [0.25, 0.3) is 27.8 Å². The van der Waals surface area contributed by atoms with Crippen LogP contribution in [0, 0.1) is 18.6 Å². The monoisotopic (exact) mass is 458 g/mol. The fourth-order valence-corrected chi connectivity index (χ4v) is 3.98. The largest absolute Gasteiger partial charge is 0.354 e. The maximum Gasteiger partial charge on any atom is 0.224 e. The standard InChI is InChI=1S/C25H20F2N6O/c1-15-30-31-32-33(15)18-10-12-21(27)23(14-18)28-24(34)13-11-20-19-4-2-3-5-22(19)29-25(20)16-6-8-17(26)9-7-16/h2-10,12,14,29H,11,13H2,1H3,(H,28,34). The first-order valence-electron chi connectivity index (χ1n) is 10.7. The summed E-state index contributed by atoms with van der Waals surface area (Å²) in [4.78, 5) is 16.1. The molecule has 0 aliphatic heterocycles. The zero-order valence-corrected chi connectivity index (χ0v) is 18.2. The highest BCUT2D eigenvalue weighted by Crippen LogP contribution is 2.31. The molecule has 5 rings (SSSR count). The lowest BCUT2D eigenvalue weighted by Crippen LogP contribution is -2.14. The van der Waals surface area contributed by atoms with Crippen molar-refractivity contribution in [2.45, 2.75) is 19.8 Å². The Bertz CT molecular complexity index is 1490. The summed E-state index contributed by atoms with van der Waals surface area (Å²) in [7, 11) is 0. The van der Waals surface area contributed by atoms with Gasteiger partial charge in [-0.25, -0.2) is 8.78 Å². The number of hydrogen-bond acceptors (Lipinski definition) is 4. The van der Waals surface area contributed by atoms with E-state index in [1.54, 1.807) is 19.1 Å². The lowest BCUT2D eigenvalue weighted by atomic mass is 10.0. The minimum atomic E-state index is -0.554. The number of para-hydroxylation sites is 1. The third-order valence-corrected chi connectivity index (χ3v) is 5.64. The summed E-state index contributed by atoms with van der Waals surface area (Å²) in [6, 6.07) is 18.3. The van der Waals surface area contributed by atoms with Gasteiger partial charge in [-0.15, -0.1) is 5.10 Å². The van der Waals surface area contributed by atoms with Crippen molar-refractivity contribution >= 4 is 22.5 Å². The molecule has 0 radical (unpaired) electrons. The van der Waals surface area contributed by atoms with E-state index in [2.05, 4.69) is 25.8 Å². The minimum absolute atomic E-state index is 0.0510. The van der Waals surface area contributed by atoms with Crippen molar-refractivity contribution in [1.82, 2.24) is 25.2 Å². The van der Waals surface area contributed by atoms with Crippen molar-refractivity contribution in [2.75, 3.05) is 5.32 Å². The van der Waals surface area contributed by atoms with Gasteiger partial charge in [0.15, 0.2) is 5.82 Å². The van der Waals surface area contributed by atoms with Crippen LogP contribution < -0.4 is 5.32 Å². The van der Waals surface area contributed by atoms with E-state index in [0.717, 1.165) is 27.7 Å². The molecule has 0 unspecified atom stereocenters. The van der Waals surface area contributed by atoms with Crippen molar-refractivity contribution in [3.63, 3.8) is 0 Å². The summed E-state index contributed by atoms with van der Waals surface area (Å²) in [6.45, 7) is 1.72. The molecule has 34 heavy (non-hydrogen) atoms. The number of anilines is 1. The first-order chi connectivity index (χ1) is 16.5. The van der Waals surface area contributed by atoms with Gasteiger partial charge in [0.05, 0.1) is 11.4 Å². The molecule has 0 saturated heterocycles. The van der Waals surface area contributed by atoms with Crippen LogP contribution in [0.5, 0.6) is 0 Å². The zero-order chi connectivity index (χ0) is 23.7. The Kier molecular flexibility index (Phi) is 5.59. The highest BCUT2D eigenvalue weighted by atomic mass is 19.1. The number of aryl methyl sites for hydroxylation is 2. The fraction of sp³-hybridized carbons (Fsp3) is 0.120. The van der Waals surface area contributed by atoms with Crippen LogP contribution in [0.2, 0.25) is 0 Å². The number of aromatic nitrogens is 5. The van der Waals surface area contributed by atoms with E-state index in [1.165, 1.54) is 35.0 Å². The van der Waals surface area contributed by atoms with Crippen LogP contribution in [-0.2, 0) is 11.2 Å². The number of fused-ring (bicyclic) bond motifs is 1. The van der Waals surface area contributed by atoms with Crippen LogP contribution in [0.15, 0.2) is 66.7 Å². The van der Waals surface area contributed by atoms with Crippen molar-refractivity contribution in [3.05, 3.63) is 89.8 Å². The average Bonchev–Trinajstić information content (AvgIpc) is 3.43. The number of nitrogens with one attached hydrogen (secondary N) is 2. The molecule has 170 valence electrons. The van der Waals surface area contributed by atoms with Crippen molar-refractivity contribution in [3.8, 4) is 16.9 Å². The van der Waals surface area contributed by atoms with Crippen LogP contribution in [0.3, 0.4) is 0 Å². The van der Waals surface area contributed by atoms with E-state index in [9.17, 15) is 13.6 Å². The molecule has 0 spiro atoms. The van der Waals surface area contributed by atoms with Gasteiger partial charge >= 0.3 is 0 Å². The van der Waals surface area contributed by atoms with Gasteiger partial charge < -0.3 is 10.3 Å². The Hall–Kier alpha value is -4.40. The van der Waals surface area contributed by atoms with E-state index in [0.29, 0.717) is 17.9 Å². The van der Waals surface area contributed by atoms with Crippen LogP contribution >= 0.6 is 0 Å². The lowest BCUT2D eigenvalue weighted by Gasteiger charge is -2.10. The molecule has 0 aliphatic carbocycles. The quantitative estimate of drug-likeness (QED) is 0.376. The summed E-state index contributed by atoms with van der Waals surface area (Å²) in [6.07, 6.45) is 0.541. The number of H-pyrrole nitrogens is 1.